The third-order valence-corrected chi connectivity index (χ3v) is 1.93. The Kier molecular flexibility index (Phi) is 3.90. The largest absolute Gasteiger partial charge is 0.351 e. The van der Waals surface area contributed by atoms with Crippen LogP contribution in [0.4, 0.5) is 0 Å². The van der Waals surface area contributed by atoms with Crippen molar-refractivity contribution in [3.63, 3.8) is 0 Å². The Morgan fingerprint density at radius 1 is 1.73 bits per heavy atom. The number of amides is 1. The molecule has 0 saturated heterocycles. The van der Waals surface area contributed by atoms with Crippen molar-refractivity contribution in [1.82, 2.24) is 5.32 Å². The van der Waals surface area contributed by atoms with Gasteiger partial charge in [-0.1, -0.05) is 13.3 Å². The van der Waals surface area contributed by atoms with Gasteiger partial charge >= 0.3 is 0 Å². The van der Waals surface area contributed by atoms with Crippen LogP contribution in [0.5, 0.6) is 0 Å². The lowest BCUT2D eigenvalue weighted by Gasteiger charge is -2.04. The summed E-state index contributed by atoms with van der Waals surface area (Å²) in [5, 5.41) is 19.9. The highest BCUT2D eigenvalue weighted by atomic mass is 16.6. The number of nitro groups is 1. The highest BCUT2D eigenvalue weighted by Gasteiger charge is 2.34. The van der Waals surface area contributed by atoms with Crippen LogP contribution in [0.15, 0.2) is 10.2 Å². The van der Waals surface area contributed by atoms with Crippen molar-refractivity contribution in [3.05, 3.63) is 10.1 Å². The molecule has 1 aliphatic heterocycles. The average Bonchev–Trinajstić information content (AvgIpc) is 2.66. The zero-order valence-electron chi connectivity index (χ0n) is 8.34. The van der Waals surface area contributed by atoms with E-state index in [1.54, 1.807) is 0 Å². The van der Waals surface area contributed by atoms with Gasteiger partial charge in [0.05, 0.1) is 0 Å². The molecule has 1 heterocycles. The number of carbonyl (C=O) groups is 1. The molecule has 1 N–H and O–H groups in total. The number of nitrogens with zero attached hydrogens (tertiary/aromatic N) is 3. The smallest absolute Gasteiger partial charge is 0.298 e. The van der Waals surface area contributed by atoms with Crippen molar-refractivity contribution in [2.45, 2.75) is 25.8 Å². The second-order valence-corrected chi connectivity index (χ2v) is 3.09. The van der Waals surface area contributed by atoms with Gasteiger partial charge in [0.15, 0.2) is 0 Å². The molecule has 0 saturated carbocycles. The molecule has 1 atom stereocenters. The predicted octanol–water partition coefficient (Wildman–Crippen LogP) is -0.0116. The lowest BCUT2D eigenvalue weighted by atomic mass is 10.2. The Bertz CT molecular complexity index is 324. The van der Waals surface area contributed by atoms with Gasteiger partial charge < -0.3 is 5.32 Å². The number of unbranched alkanes of at least 4 members (excludes halogenated alkanes) is 1. The van der Waals surface area contributed by atoms with Crippen molar-refractivity contribution in [1.29, 1.82) is 0 Å². The first-order valence-corrected chi connectivity index (χ1v) is 4.69. The van der Waals surface area contributed by atoms with Gasteiger partial charge in [0.1, 0.15) is 6.21 Å². The fourth-order valence-electron chi connectivity index (χ4n) is 1.09. The van der Waals surface area contributed by atoms with E-state index in [1.165, 1.54) is 0 Å². The van der Waals surface area contributed by atoms with Crippen LogP contribution >= 0.6 is 0 Å². The summed E-state index contributed by atoms with van der Waals surface area (Å²) >= 11 is 0. The second kappa shape index (κ2) is 5.18. The van der Waals surface area contributed by atoms with Gasteiger partial charge in [0.25, 0.3) is 11.9 Å². The Morgan fingerprint density at radius 2 is 2.47 bits per heavy atom. The second-order valence-electron chi connectivity index (χ2n) is 3.09. The van der Waals surface area contributed by atoms with E-state index in [0.717, 1.165) is 19.1 Å². The van der Waals surface area contributed by atoms with E-state index in [9.17, 15) is 14.9 Å². The van der Waals surface area contributed by atoms with Crippen molar-refractivity contribution < 1.29 is 9.72 Å². The molecule has 0 aromatic heterocycles. The van der Waals surface area contributed by atoms with Crippen LogP contribution in [0, 0.1) is 10.1 Å². The molecule has 0 spiro atoms. The van der Waals surface area contributed by atoms with Crippen LogP contribution in [0.1, 0.15) is 19.8 Å². The van der Waals surface area contributed by atoms with Gasteiger partial charge in [-0.3, -0.25) is 14.9 Å². The SMILES string of the molecule is CCCCNC(=O)C1=NN=C[C@@H]1[N+](=O)[O-]. The first-order valence-electron chi connectivity index (χ1n) is 4.69. The molecule has 0 aromatic rings. The van der Waals surface area contributed by atoms with Crippen LogP contribution in [0.2, 0.25) is 0 Å². The molecule has 0 aromatic carbocycles. The summed E-state index contributed by atoms with van der Waals surface area (Å²) in [7, 11) is 0. The summed E-state index contributed by atoms with van der Waals surface area (Å²) in [4.78, 5) is 21.3. The highest BCUT2D eigenvalue weighted by Crippen LogP contribution is 2.01. The molecule has 0 bridgehead atoms. The van der Waals surface area contributed by atoms with Crippen LogP contribution in [-0.2, 0) is 4.79 Å². The fourth-order valence-corrected chi connectivity index (χ4v) is 1.09. The molecule has 0 fully saturated rings. The summed E-state index contributed by atoms with van der Waals surface area (Å²) < 4.78 is 0. The minimum absolute atomic E-state index is 0.142. The lowest BCUT2D eigenvalue weighted by Crippen LogP contribution is -2.41. The Morgan fingerprint density at radius 3 is 3.07 bits per heavy atom. The maximum Gasteiger partial charge on any atom is 0.298 e. The van der Waals surface area contributed by atoms with Gasteiger partial charge in [-0.15, -0.1) is 5.10 Å². The van der Waals surface area contributed by atoms with Crippen molar-refractivity contribution in [2.75, 3.05) is 6.54 Å². The van der Waals surface area contributed by atoms with Crippen LogP contribution in [-0.4, -0.2) is 35.3 Å². The number of rotatable bonds is 5. The van der Waals surface area contributed by atoms with E-state index < -0.39 is 16.9 Å². The predicted molar refractivity (Wildman–Crippen MR) is 54.6 cm³/mol. The molecule has 7 nitrogen and oxygen atoms in total. The standard InChI is InChI=1S/C8H12N4O3/c1-2-3-4-9-8(13)7-6(12(14)15)5-10-11-7/h5-6H,2-4H2,1H3,(H,9,13)/t6-/m0/s1. The summed E-state index contributed by atoms with van der Waals surface area (Å²) in [5.41, 5.74) is -0.142. The number of carbonyl (C=O) groups excluding carboxylic acids is 1. The maximum absolute atomic E-state index is 11.4. The molecule has 1 aliphatic rings. The Hall–Kier alpha value is -1.79. The molecule has 82 valence electrons. The van der Waals surface area contributed by atoms with E-state index in [2.05, 4.69) is 15.5 Å². The van der Waals surface area contributed by atoms with Gasteiger partial charge in [0.2, 0.25) is 5.71 Å². The Balaban J connectivity index is 2.50. The van der Waals surface area contributed by atoms with Crippen molar-refractivity contribution >= 4 is 17.8 Å². The van der Waals surface area contributed by atoms with Crippen LogP contribution in [0.25, 0.3) is 0 Å². The van der Waals surface area contributed by atoms with E-state index in [-0.39, 0.29) is 5.71 Å². The monoisotopic (exact) mass is 212 g/mol. The molecule has 0 radical (unpaired) electrons. The van der Waals surface area contributed by atoms with E-state index in [1.807, 2.05) is 6.92 Å². The van der Waals surface area contributed by atoms with Crippen molar-refractivity contribution in [2.24, 2.45) is 10.2 Å². The van der Waals surface area contributed by atoms with E-state index in [0.29, 0.717) is 6.54 Å². The fraction of sp³-hybridized carbons (Fsp3) is 0.625. The van der Waals surface area contributed by atoms with E-state index >= 15 is 0 Å². The zero-order chi connectivity index (χ0) is 11.3. The highest BCUT2D eigenvalue weighted by molar-refractivity contribution is 6.44. The van der Waals surface area contributed by atoms with E-state index in [4.69, 9.17) is 0 Å². The Labute approximate surface area is 86.4 Å². The number of hydrogen-bond donors (Lipinski definition) is 1. The number of hydrogen-bond acceptors (Lipinski definition) is 5. The average molecular weight is 212 g/mol. The normalized spacial score (nSPS) is 18.7. The molecule has 0 aliphatic carbocycles. The molecular formula is C8H12N4O3. The van der Waals surface area contributed by atoms with Crippen LogP contribution < -0.4 is 5.32 Å². The third kappa shape index (κ3) is 2.83. The third-order valence-electron chi connectivity index (χ3n) is 1.93. The summed E-state index contributed by atoms with van der Waals surface area (Å²) in [6, 6.07) is -1.20. The summed E-state index contributed by atoms with van der Waals surface area (Å²) in [6.07, 6.45) is 2.83. The molecule has 1 rings (SSSR count). The quantitative estimate of drug-likeness (QED) is 0.394. The molecular weight excluding hydrogens is 200 g/mol. The number of nitrogens with one attached hydrogen (secondary N) is 1. The van der Waals surface area contributed by atoms with Gasteiger partial charge in [-0.25, -0.2) is 0 Å². The molecule has 1 amide bonds. The maximum atomic E-state index is 11.4. The van der Waals surface area contributed by atoms with Gasteiger partial charge in [0, 0.05) is 11.5 Å². The first kappa shape index (κ1) is 11.3. The summed E-state index contributed by atoms with van der Waals surface area (Å²) in [5.74, 6) is -0.511. The van der Waals surface area contributed by atoms with Crippen molar-refractivity contribution in [3.8, 4) is 0 Å². The van der Waals surface area contributed by atoms with Gasteiger partial charge in [-0.2, -0.15) is 5.10 Å². The van der Waals surface area contributed by atoms with Gasteiger partial charge in [-0.05, 0) is 6.42 Å². The zero-order valence-corrected chi connectivity index (χ0v) is 8.34. The topological polar surface area (TPSA) is 97.0 Å². The molecule has 7 heteroatoms. The first-order chi connectivity index (χ1) is 7.16. The molecule has 0 unspecified atom stereocenters. The lowest BCUT2D eigenvalue weighted by molar-refractivity contribution is -0.482. The van der Waals surface area contributed by atoms with Crippen LogP contribution in [0.3, 0.4) is 0 Å². The minimum atomic E-state index is -1.20. The summed E-state index contributed by atoms with van der Waals surface area (Å²) in [6.45, 7) is 2.49. The minimum Gasteiger partial charge on any atom is -0.351 e. The molecule has 15 heavy (non-hydrogen) atoms.